The van der Waals surface area contributed by atoms with Gasteiger partial charge in [0.2, 0.25) is 6.79 Å². The van der Waals surface area contributed by atoms with E-state index in [0.717, 1.165) is 53.8 Å². The summed E-state index contributed by atoms with van der Waals surface area (Å²) in [6, 6.07) is 4.04. The highest BCUT2D eigenvalue weighted by molar-refractivity contribution is 9.10. The monoisotopic (exact) mass is 355 g/mol. The molecule has 0 bridgehead atoms. The van der Waals surface area contributed by atoms with Gasteiger partial charge >= 0.3 is 0 Å². The highest BCUT2D eigenvalue weighted by Crippen LogP contribution is 2.40. The summed E-state index contributed by atoms with van der Waals surface area (Å²) in [5, 5.41) is 14.0. The molecule has 1 saturated carbocycles. The largest absolute Gasteiger partial charge is 0.454 e. The van der Waals surface area contributed by atoms with Gasteiger partial charge in [0.25, 0.3) is 0 Å². The van der Waals surface area contributed by atoms with Crippen molar-refractivity contribution in [2.24, 2.45) is 0 Å². The van der Waals surface area contributed by atoms with Crippen LogP contribution in [-0.2, 0) is 6.54 Å². The van der Waals surface area contributed by atoms with E-state index in [1.54, 1.807) is 0 Å². The molecule has 116 valence electrons. The number of nitrogens with one attached hydrogen (secondary N) is 1. The Morgan fingerprint density at radius 2 is 1.90 bits per heavy atom. The molecule has 21 heavy (non-hydrogen) atoms. The number of fused-ring (bicyclic) bond motifs is 1. The number of ether oxygens (including phenoxy) is 2. The maximum absolute atomic E-state index is 10.6. The lowest BCUT2D eigenvalue weighted by Crippen LogP contribution is -2.39. The summed E-state index contributed by atoms with van der Waals surface area (Å²) in [7, 11) is 0. The van der Waals surface area contributed by atoms with Crippen LogP contribution in [0.15, 0.2) is 16.6 Å². The third kappa shape index (κ3) is 3.71. The molecule has 1 aliphatic heterocycles. The first-order valence-corrected chi connectivity index (χ1v) is 8.47. The third-order valence-electron chi connectivity index (χ3n) is 4.30. The van der Waals surface area contributed by atoms with Gasteiger partial charge in [-0.25, -0.2) is 0 Å². The molecular weight excluding hydrogens is 334 g/mol. The average molecular weight is 356 g/mol. The number of rotatable bonds is 4. The van der Waals surface area contributed by atoms with E-state index >= 15 is 0 Å². The molecule has 2 aliphatic rings. The zero-order chi connectivity index (χ0) is 14.7. The maximum Gasteiger partial charge on any atom is 0.231 e. The van der Waals surface area contributed by atoms with Gasteiger partial charge in [0, 0.05) is 13.1 Å². The van der Waals surface area contributed by atoms with Gasteiger partial charge in [0.15, 0.2) is 11.5 Å². The van der Waals surface area contributed by atoms with Gasteiger partial charge in [-0.15, -0.1) is 0 Å². The van der Waals surface area contributed by atoms with Crippen LogP contribution < -0.4 is 14.8 Å². The van der Waals surface area contributed by atoms with Gasteiger partial charge in [-0.3, -0.25) is 0 Å². The summed E-state index contributed by atoms with van der Waals surface area (Å²) in [5.74, 6) is 1.57. The molecular formula is C16H22BrNO3. The predicted octanol–water partition coefficient (Wildman–Crippen LogP) is 3.35. The molecule has 1 fully saturated rings. The van der Waals surface area contributed by atoms with Crippen molar-refractivity contribution in [1.82, 2.24) is 5.32 Å². The fourth-order valence-corrected chi connectivity index (χ4v) is 3.73. The summed E-state index contributed by atoms with van der Waals surface area (Å²) >= 11 is 3.51. The van der Waals surface area contributed by atoms with Crippen molar-refractivity contribution in [1.29, 1.82) is 0 Å². The topological polar surface area (TPSA) is 50.7 Å². The van der Waals surface area contributed by atoms with Crippen molar-refractivity contribution < 1.29 is 14.6 Å². The van der Waals surface area contributed by atoms with E-state index in [0.29, 0.717) is 6.54 Å². The van der Waals surface area contributed by atoms with Crippen LogP contribution in [0.1, 0.15) is 44.1 Å². The summed E-state index contributed by atoms with van der Waals surface area (Å²) in [6.07, 6.45) is 6.58. The van der Waals surface area contributed by atoms with Gasteiger partial charge in [-0.2, -0.15) is 0 Å². The molecule has 1 heterocycles. The molecule has 0 aromatic heterocycles. The standard InChI is InChI=1S/C16H22BrNO3/c17-13-7-12(8-14-15(13)21-11-20-14)9-18-10-16(19)5-3-1-2-4-6-16/h7-8,18-19H,1-6,9-11H2. The Hall–Kier alpha value is -0.780. The first-order chi connectivity index (χ1) is 10.2. The highest BCUT2D eigenvalue weighted by atomic mass is 79.9. The Morgan fingerprint density at radius 3 is 2.67 bits per heavy atom. The van der Waals surface area contributed by atoms with E-state index in [-0.39, 0.29) is 6.79 Å². The number of hydrogen-bond donors (Lipinski definition) is 2. The van der Waals surface area contributed by atoms with Crippen LogP contribution in [0, 0.1) is 0 Å². The molecule has 0 atom stereocenters. The number of hydrogen-bond acceptors (Lipinski definition) is 4. The van der Waals surface area contributed by atoms with Gasteiger partial charge in [-0.05, 0) is 46.5 Å². The Kier molecular flexibility index (Phi) is 4.72. The van der Waals surface area contributed by atoms with Gasteiger partial charge in [-0.1, -0.05) is 25.7 Å². The fraction of sp³-hybridized carbons (Fsp3) is 0.625. The summed E-state index contributed by atoms with van der Waals surface area (Å²) in [4.78, 5) is 0. The number of aliphatic hydroxyl groups is 1. The zero-order valence-electron chi connectivity index (χ0n) is 12.2. The first-order valence-electron chi connectivity index (χ1n) is 7.67. The Bertz CT molecular complexity index is 499. The maximum atomic E-state index is 10.6. The van der Waals surface area contributed by atoms with Crippen molar-refractivity contribution in [3.63, 3.8) is 0 Å². The molecule has 3 rings (SSSR count). The minimum absolute atomic E-state index is 0.282. The Labute approximate surface area is 134 Å². The van der Waals surface area contributed by atoms with Crippen molar-refractivity contribution >= 4 is 15.9 Å². The van der Waals surface area contributed by atoms with Gasteiger partial charge in [0.05, 0.1) is 10.1 Å². The van der Waals surface area contributed by atoms with E-state index in [2.05, 4.69) is 21.2 Å². The molecule has 0 amide bonds. The predicted molar refractivity (Wildman–Crippen MR) is 84.6 cm³/mol. The Morgan fingerprint density at radius 1 is 1.14 bits per heavy atom. The fourth-order valence-electron chi connectivity index (χ4n) is 3.13. The van der Waals surface area contributed by atoms with Gasteiger partial charge in [0.1, 0.15) is 0 Å². The minimum atomic E-state index is -0.538. The van der Waals surface area contributed by atoms with E-state index in [9.17, 15) is 5.11 Å². The van der Waals surface area contributed by atoms with E-state index in [4.69, 9.17) is 9.47 Å². The zero-order valence-corrected chi connectivity index (χ0v) is 13.7. The van der Waals surface area contributed by atoms with E-state index in [1.807, 2.05) is 12.1 Å². The van der Waals surface area contributed by atoms with Crippen molar-refractivity contribution in [2.45, 2.75) is 50.7 Å². The molecule has 0 spiro atoms. The molecule has 1 aliphatic carbocycles. The second-order valence-corrected chi connectivity index (χ2v) is 6.91. The first kappa shape index (κ1) is 15.1. The van der Waals surface area contributed by atoms with E-state index in [1.165, 1.54) is 12.8 Å². The summed E-state index contributed by atoms with van der Waals surface area (Å²) < 4.78 is 11.7. The van der Waals surface area contributed by atoms with Crippen molar-refractivity contribution in [3.05, 3.63) is 22.2 Å². The molecule has 4 nitrogen and oxygen atoms in total. The number of benzene rings is 1. The molecule has 5 heteroatoms. The SMILES string of the molecule is OC1(CNCc2cc(Br)c3c(c2)OCO3)CCCCCC1. The van der Waals surface area contributed by atoms with Crippen LogP contribution in [0.25, 0.3) is 0 Å². The second kappa shape index (κ2) is 6.55. The van der Waals surface area contributed by atoms with Crippen LogP contribution in [0.3, 0.4) is 0 Å². The van der Waals surface area contributed by atoms with Crippen LogP contribution in [-0.4, -0.2) is 24.0 Å². The number of halogens is 1. The minimum Gasteiger partial charge on any atom is -0.454 e. The van der Waals surface area contributed by atoms with Crippen LogP contribution in [0.5, 0.6) is 11.5 Å². The lowest BCUT2D eigenvalue weighted by molar-refractivity contribution is 0.0250. The smallest absolute Gasteiger partial charge is 0.231 e. The molecule has 0 radical (unpaired) electrons. The molecule has 0 unspecified atom stereocenters. The van der Waals surface area contributed by atoms with Crippen LogP contribution >= 0.6 is 15.9 Å². The van der Waals surface area contributed by atoms with Gasteiger partial charge < -0.3 is 19.9 Å². The van der Waals surface area contributed by atoms with Crippen molar-refractivity contribution in [3.8, 4) is 11.5 Å². The summed E-state index contributed by atoms with van der Waals surface area (Å²) in [5.41, 5.74) is 0.590. The molecule has 1 aromatic rings. The lowest BCUT2D eigenvalue weighted by atomic mass is 9.94. The normalized spacial score (nSPS) is 20.3. The summed E-state index contributed by atoms with van der Waals surface area (Å²) in [6.45, 7) is 1.65. The molecule has 0 saturated heterocycles. The third-order valence-corrected chi connectivity index (χ3v) is 4.89. The molecule has 1 aromatic carbocycles. The quantitative estimate of drug-likeness (QED) is 0.813. The lowest BCUT2D eigenvalue weighted by Gasteiger charge is -2.27. The average Bonchev–Trinajstić information content (AvgIpc) is 2.82. The van der Waals surface area contributed by atoms with E-state index < -0.39 is 5.60 Å². The molecule has 2 N–H and O–H groups in total. The Balaban J connectivity index is 1.57. The van der Waals surface area contributed by atoms with Crippen molar-refractivity contribution in [2.75, 3.05) is 13.3 Å². The van der Waals surface area contributed by atoms with Crippen LogP contribution in [0.2, 0.25) is 0 Å². The highest BCUT2D eigenvalue weighted by Gasteiger charge is 2.27. The second-order valence-electron chi connectivity index (χ2n) is 6.05. The van der Waals surface area contributed by atoms with Crippen LogP contribution in [0.4, 0.5) is 0 Å².